The van der Waals surface area contributed by atoms with Gasteiger partial charge in [-0.1, -0.05) is 54.4 Å². The van der Waals surface area contributed by atoms with E-state index in [1.54, 1.807) is 0 Å². The number of nitrogens with zero attached hydrogens (tertiary/aromatic N) is 1. The molecule has 16 heavy (non-hydrogen) atoms. The normalized spacial score (nSPS) is 8.19. The molecule has 0 N–H and O–H groups in total. The lowest BCUT2D eigenvalue weighted by atomic mass is 10.2. The van der Waals surface area contributed by atoms with Crippen LogP contribution in [0.1, 0.15) is 74.1 Å². The van der Waals surface area contributed by atoms with Crippen LogP contribution in [0.3, 0.4) is 0 Å². The molecule has 0 radical (unpaired) electrons. The lowest BCUT2D eigenvalue weighted by molar-refractivity contribution is -0.130. The maximum absolute atomic E-state index is 11.3. The van der Waals surface area contributed by atoms with Gasteiger partial charge < -0.3 is 4.90 Å². The summed E-state index contributed by atoms with van der Waals surface area (Å²) >= 11 is 0. The van der Waals surface area contributed by atoms with Crippen LogP contribution in [0.15, 0.2) is 0 Å². The molecule has 0 aromatic heterocycles. The molecule has 0 aliphatic rings. The molecule has 0 saturated heterocycles. The highest BCUT2D eigenvalue weighted by Gasteiger charge is 2.07. The summed E-state index contributed by atoms with van der Waals surface area (Å²) < 4.78 is 0. The Hall–Kier alpha value is -0.530. The molecule has 0 aromatic carbocycles. The highest BCUT2D eigenvalue weighted by molar-refractivity contribution is 5.75. The summed E-state index contributed by atoms with van der Waals surface area (Å²) in [6.45, 7) is 15.9. The van der Waals surface area contributed by atoms with Gasteiger partial charge in [0.05, 0.1) is 0 Å². The van der Waals surface area contributed by atoms with Crippen LogP contribution in [0.4, 0.5) is 0 Å². The van der Waals surface area contributed by atoms with Gasteiger partial charge in [-0.05, 0) is 13.3 Å². The molecule has 2 heteroatoms. The second-order valence-electron chi connectivity index (χ2n) is 3.03. The minimum absolute atomic E-state index is 0.286. The van der Waals surface area contributed by atoms with Gasteiger partial charge in [-0.3, -0.25) is 4.79 Å². The van der Waals surface area contributed by atoms with Crippen LogP contribution in [0.2, 0.25) is 0 Å². The molecule has 0 heterocycles. The number of carbonyl (C=O) groups excluding carboxylic acids is 1. The fourth-order valence-electron chi connectivity index (χ4n) is 1.24. The zero-order chi connectivity index (χ0) is 13.4. The molecule has 0 rings (SSSR count). The summed E-state index contributed by atoms with van der Waals surface area (Å²) in [6.07, 6.45) is 4.24. The highest BCUT2D eigenvalue weighted by Crippen LogP contribution is 2.00. The number of carbonyl (C=O) groups is 1. The summed E-state index contributed by atoms with van der Waals surface area (Å²) in [7, 11) is 0. The van der Waals surface area contributed by atoms with Crippen molar-refractivity contribution in [1.29, 1.82) is 0 Å². The number of unbranched alkanes of at least 4 members (excludes halogenated alkanes) is 2. The van der Waals surface area contributed by atoms with Gasteiger partial charge >= 0.3 is 0 Å². The first kappa shape index (κ1) is 20.8. The van der Waals surface area contributed by atoms with E-state index in [1.807, 2.05) is 46.4 Å². The van der Waals surface area contributed by atoms with Crippen LogP contribution in [-0.4, -0.2) is 23.9 Å². The largest absolute Gasteiger partial charge is 0.343 e. The third kappa shape index (κ3) is 13.5. The van der Waals surface area contributed by atoms with Crippen molar-refractivity contribution in [1.82, 2.24) is 4.90 Å². The van der Waals surface area contributed by atoms with Crippen molar-refractivity contribution in [3.63, 3.8) is 0 Å². The van der Waals surface area contributed by atoms with Crippen molar-refractivity contribution in [2.24, 2.45) is 0 Å². The summed E-state index contributed by atoms with van der Waals surface area (Å²) in [5.74, 6) is 0.286. The van der Waals surface area contributed by atoms with E-state index in [0.29, 0.717) is 6.42 Å². The van der Waals surface area contributed by atoms with Crippen LogP contribution in [0.5, 0.6) is 0 Å². The number of amides is 1. The Labute approximate surface area is 103 Å². The monoisotopic (exact) mass is 231 g/mol. The Morgan fingerprint density at radius 2 is 1.44 bits per heavy atom. The fraction of sp³-hybridized carbons (Fsp3) is 0.929. The summed E-state index contributed by atoms with van der Waals surface area (Å²) in [5, 5.41) is 0. The van der Waals surface area contributed by atoms with Gasteiger partial charge in [-0.15, -0.1) is 0 Å². The third-order valence-corrected chi connectivity index (χ3v) is 2.07. The molecule has 0 aliphatic heterocycles. The molecule has 0 fully saturated rings. The van der Waals surface area contributed by atoms with E-state index in [2.05, 4.69) is 6.92 Å². The van der Waals surface area contributed by atoms with E-state index in [9.17, 15) is 4.79 Å². The number of hydrogen-bond acceptors (Lipinski definition) is 1. The molecule has 0 unspecified atom stereocenters. The number of hydrogen-bond donors (Lipinski definition) is 0. The standard InChI is InChI=1S/C10H21NO.2C2H6/c1-4-7-8-9-11(6-3)10(12)5-2;2*1-2/h4-9H2,1-3H3;2*1-2H3. The van der Waals surface area contributed by atoms with Gasteiger partial charge in [-0.2, -0.15) is 0 Å². The van der Waals surface area contributed by atoms with Gasteiger partial charge in [0.25, 0.3) is 0 Å². The second-order valence-corrected chi connectivity index (χ2v) is 3.03. The van der Waals surface area contributed by atoms with E-state index < -0.39 is 0 Å². The summed E-state index contributed by atoms with van der Waals surface area (Å²) in [6, 6.07) is 0. The van der Waals surface area contributed by atoms with E-state index in [1.165, 1.54) is 12.8 Å². The predicted octanol–water partition coefficient (Wildman–Crippen LogP) is 4.49. The van der Waals surface area contributed by atoms with E-state index in [4.69, 9.17) is 0 Å². The molecular formula is C14H33NO. The maximum Gasteiger partial charge on any atom is 0.222 e. The molecule has 0 atom stereocenters. The first-order chi connectivity index (χ1) is 7.76. The lowest BCUT2D eigenvalue weighted by Crippen LogP contribution is -2.30. The molecule has 1 amide bonds. The maximum atomic E-state index is 11.3. The van der Waals surface area contributed by atoms with Crippen LogP contribution >= 0.6 is 0 Å². The Morgan fingerprint density at radius 3 is 1.75 bits per heavy atom. The van der Waals surface area contributed by atoms with Crippen LogP contribution in [0.25, 0.3) is 0 Å². The van der Waals surface area contributed by atoms with Crippen LogP contribution in [0, 0.1) is 0 Å². The SMILES string of the molecule is CC.CC.CCCCCN(CC)C(=O)CC. The Morgan fingerprint density at radius 1 is 0.938 bits per heavy atom. The smallest absolute Gasteiger partial charge is 0.222 e. The minimum Gasteiger partial charge on any atom is -0.343 e. The zero-order valence-electron chi connectivity index (χ0n) is 12.6. The van der Waals surface area contributed by atoms with Gasteiger partial charge in [0.1, 0.15) is 0 Å². The first-order valence-corrected chi connectivity index (χ1v) is 7.04. The Bertz CT molecular complexity index is 124. The summed E-state index contributed by atoms with van der Waals surface area (Å²) in [5.41, 5.74) is 0. The molecule has 0 bridgehead atoms. The van der Waals surface area contributed by atoms with Gasteiger partial charge in [-0.25, -0.2) is 0 Å². The van der Waals surface area contributed by atoms with Gasteiger partial charge in [0, 0.05) is 19.5 Å². The summed E-state index contributed by atoms with van der Waals surface area (Å²) in [4.78, 5) is 13.2. The molecule has 0 aromatic rings. The Kier molecular flexibility index (Phi) is 26.0. The van der Waals surface area contributed by atoms with Crippen molar-refractivity contribution < 1.29 is 4.79 Å². The molecule has 0 aliphatic carbocycles. The van der Waals surface area contributed by atoms with Crippen molar-refractivity contribution in [3.8, 4) is 0 Å². The molecule has 100 valence electrons. The van der Waals surface area contributed by atoms with Gasteiger partial charge in [0.15, 0.2) is 0 Å². The van der Waals surface area contributed by atoms with Crippen molar-refractivity contribution in [2.45, 2.75) is 74.1 Å². The Balaban J connectivity index is -0.000000376. The topological polar surface area (TPSA) is 20.3 Å². The molecule has 2 nitrogen and oxygen atoms in total. The van der Waals surface area contributed by atoms with E-state index in [0.717, 1.165) is 19.5 Å². The van der Waals surface area contributed by atoms with Gasteiger partial charge in [0.2, 0.25) is 5.91 Å². The highest BCUT2D eigenvalue weighted by atomic mass is 16.2. The van der Waals surface area contributed by atoms with Crippen molar-refractivity contribution in [3.05, 3.63) is 0 Å². The second kappa shape index (κ2) is 20.0. The quantitative estimate of drug-likeness (QED) is 0.617. The lowest BCUT2D eigenvalue weighted by Gasteiger charge is -2.19. The van der Waals surface area contributed by atoms with E-state index in [-0.39, 0.29) is 5.91 Å². The molecule has 0 spiro atoms. The van der Waals surface area contributed by atoms with Crippen LogP contribution in [-0.2, 0) is 4.79 Å². The first-order valence-electron chi connectivity index (χ1n) is 7.04. The third-order valence-electron chi connectivity index (χ3n) is 2.07. The zero-order valence-corrected chi connectivity index (χ0v) is 12.6. The average Bonchev–Trinajstić information content (AvgIpc) is 2.38. The van der Waals surface area contributed by atoms with E-state index >= 15 is 0 Å². The predicted molar refractivity (Wildman–Crippen MR) is 74.8 cm³/mol. The minimum atomic E-state index is 0.286. The van der Waals surface area contributed by atoms with Crippen molar-refractivity contribution >= 4 is 5.91 Å². The molecule has 0 saturated carbocycles. The van der Waals surface area contributed by atoms with Crippen molar-refractivity contribution in [2.75, 3.05) is 13.1 Å². The number of rotatable bonds is 6. The fourth-order valence-corrected chi connectivity index (χ4v) is 1.24. The molecular weight excluding hydrogens is 198 g/mol. The average molecular weight is 231 g/mol. The van der Waals surface area contributed by atoms with Crippen LogP contribution < -0.4 is 0 Å².